The van der Waals surface area contributed by atoms with Crippen LogP contribution in [0, 0.1) is 6.92 Å². The van der Waals surface area contributed by atoms with E-state index in [1.54, 1.807) is 56.3 Å². The molecule has 252 valence electrons. The van der Waals surface area contributed by atoms with E-state index in [1.165, 1.54) is 35.7 Å². The number of methoxy groups -OCH3 is 2. The fraction of sp³-hybridized carbons (Fsp3) is 0.306. The topological polar surface area (TPSA) is 107 Å². The van der Waals surface area contributed by atoms with Gasteiger partial charge in [-0.1, -0.05) is 46.7 Å². The summed E-state index contributed by atoms with van der Waals surface area (Å²) in [6.45, 7) is 7.08. The second-order valence-corrected chi connectivity index (χ2v) is 12.2. The third-order valence-corrected chi connectivity index (χ3v) is 8.72. The Morgan fingerprint density at radius 1 is 0.917 bits per heavy atom. The van der Waals surface area contributed by atoms with Crippen LogP contribution in [-0.4, -0.2) is 57.8 Å². The molecular formula is C36H37ClN2O8S. The number of thiazole rings is 1. The maximum Gasteiger partial charge on any atom is 0.338 e. The summed E-state index contributed by atoms with van der Waals surface area (Å²) in [4.78, 5) is 32.5. The highest BCUT2D eigenvalue weighted by molar-refractivity contribution is 7.07. The molecule has 1 aromatic heterocycles. The average molecular weight is 693 g/mol. The minimum Gasteiger partial charge on any atom is -0.493 e. The first-order valence-corrected chi connectivity index (χ1v) is 16.5. The van der Waals surface area contributed by atoms with Gasteiger partial charge in [-0.25, -0.2) is 9.79 Å². The fourth-order valence-electron chi connectivity index (χ4n) is 5.20. The summed E-state index contributed by atoms with van der Waals surface area (Å²) >= 11 is 7.57. The maximum atomic E-state index is 14.1. The van der Waals surface area contributed by atoms with Crippen molar-refractivity contribution in [3.8, 4) is 23.0 Å². The van der Waals surface area contributed by atoms with Crippen LogP contribution in [0.3, 0.4) is 0 Å². The summed E-state index contributed by atoms with van der Waals surface area (Å²) in [6.07, 6.45) is 1.72. The molecule has 2 heterocycles. The molecule has 10 nitrogen and oxygen atoms in total. The lowest BCUT2D eigenvalue weighted by molar-refractivity contribution is -0.139. The molecule has 5 rings (SSSR count). The van der Waals surface area contributed by atoms with Crippen molar-refractivity contribution in [3.05, 3.63) is 113 Å². The van der Waals surface area contributed by atoms with Crippen molar-refractivity contribution < 1.29 is 33.2 Å². The smallest absolute Gasteiger partial charge is 0.338 e. The molecule has 0 spiro atoms. The van der Waals surface area contributed by atoms with Crippen LogP contribution in [-0.2, 0) is 14.3 Å². The molecule has 0 N–H and O–H groups in total. The van der Waals surface area contributed by atoms with E-state index in [9.17, 15) is 9.59 Å². The Hall–Kier alpha value is -4.58. The zero-order valence-corrected chi connectivity index (χ0v) is 29.0. The van der Waals surface area contributed by atoms with Gasteiger partial charge in [-0.3, -0.25) is 9.36 Å². The van der Waals surface area contributed by atoms with Crippen LogP contribution < -0.4 is 33.8 Å². The van der Waals surface area contributed by atoms with Crippen LogP contribution in [0.2, 0.25) is 5.02 Å². The van der Waals surface area contributed by atoms with Gasteiger partial charge in [-0.05, 0) is 74.9 Å². The number of hydrogen-bond acceptors (Lipinski definition) is 10. The van der Waals surface area contributed by atoms with Crippen molar-refractivity contribution in [2.45, 2.75) is 26.8 Å². The van der Waals surface area contributed by atoms with Gasteiger partial charge < -0.3 is 28.4 Å². The molecule has 0 saturated carbocycles. The maximum absolute atomic E-state index is 14.1. The van der Waals surface area contributed by atoms with Crippen LogP contribution in [0.5, 0.6) is 23.0 Å². The van der Waals surface area contributed by atoms with Gasteiger partial charge in [0.05, 0.1) is 55.9 Å². The van der Waals surface area contributed by atoms with Crippen molar-refractivity contribution in [3.63, 3.8) is 0 Å². The Balaban J connectivity index is 1.40. The minimum absolute atomic E-state index is 0.169. The van der Waals surface area contributed by atoms with E-state index < -0.39 is 12.0 Å². The fourth-order valence-corrected chi connectivity index (χ4v) is 6.42. The number of nitrogens with zero attached hydrogens (tertiary/aromatic N) is 2. The molecule has 0 radical (unpaired) electrons. The van der Waals surface area contributed by atoms with Crippen molar-refractivity contribution in [2.75, 3.05) is 47.3 Å². The minimum atomic E-state index is -0.815. The van der Waals surface area contributed by atoms with E-state index >= 15 is 0 Å². The highest BCUT2D eigenvalue weighted by Crippen LogP contribution is 2.36. The lowest BCUT2D eigenvalue weighted by atomic mass is 9.95. The Morgan fingerprint density at radius 3 is 2.33 bits per heavy atom. The first kappa shape index (κ1) is 34.7. The van der Waals surface area contributed by atoms with Gasteiger partial charge in [0.25, 0.3) is 5.56 Å². The number of allylic oxidation sites excluding steroid dienone is 1. The van der Waals surface area contributed by atoms with Gasteiger partial charge in [0.15, 0.2) is 16.3 Å². The van der Waals surface area contributed by atoms with Gasteiger partial charge in [-0.15, -0.1) is 0 Å². The van der Waals surface area contributed by atoms with E-state index in [-0.39, 0.29) is 24.3 Å². The largest absolute Gasteiger partial charge is 0.493 e. The zero-order valence-electron chi connectivity index (χ0n) is 27.4. The van der Waals surface area contributed by atoms with Gasteiger partial charge in [0.2, 0.25) is 0 Å². The average Bonchev–Trinajstić information content (AvgIpc) is 3.38. The number of carbonyl (C=O) groups is 1. The summed E-state index contributed by atoms with van der Waals surface area (Å²) in [5, 5.41) is 0.481. The second-order valence-electron chi connectivity index (χ2n) is 10.7. The predicted molar refractivity (Wildman–Crippen MR) is 184 cm³/mol. The molecule has 0 amide bonds. The van der Waals surface area contributed by atoms with Gasteiger partial charge in [-0.2, -0.15) is 0 Å². The molecule has 1 aliphatic heterocycles. The molecule has 1 unspecified atom stereocenters. The van der Waals surface area contributed by atoms with E-state index in [4.69, 9.17) is 40.0 Å². The highest BCUT2D eigenvalue weighted by Gasteiger charge is 2.34. The molecule has 0 bridgehead atoms. The predicted octanol–water partition coefficient (Wildman–Crippen LogP) is 5.25. The van der Waals surface area contributed by atoms with Crippen LogP contribution >= 0.6 is 22.9 Å². The van der Waals surface area contributed by atoms with Gasteiger partial charge >= 0.3 is 5.97 Å². The number of aromatic nitrogens is 1. The number of rotatable bonds is 14. The molecule has 1 aliphatic rings. The summed E-state index contributed by atoms with van der Waals surface area (Å²) < 4.78 is 35.7. The Kier molecular flexibility index (Phi) is 11.6. The van der Waals surface area contributed by atoms with Crippen molar-refractivity contribution in [2.24, 2.45) is 4.99 Å². The molecule has 48 heavy (non-hydrogen) atoms. The number of halogens is 1. The monoisotopic (exact) mass is 692 g/mol. The summed E-state index contributed by atoms with van der Waals surface area (Å²) in [6, 6.07) is 17.5. The van der Waals surface area contributed by atoms with E-state index in [1.807, 2.05) is 31.2 Å². The number of fused-ring (bicyclic) bond motifs is 1. The normalized spacial score (nSPS) is 14.3. The third kappa shape index (κ3) is 7.92. The first-order valence-electron chi connectivity index (χ1n) is 15.3. The zero-order chi connectivity index (χ0) is 34.2. The van der Waals surface area contributed by atoms with Crippen LogP contribution in [0.25, 0.3) is 6.08 Å². The molecule has 0 saturated heterocycles. The number of carbonyl (C=O) groups excluding carboxylic acids is 1. The molecule has 3 aromatic carbocycles. The third-order valence-electron chi connectivity index (χ3n) is 7.50. The lowest BCUT2D eigenvalue weighted by Crippen LogP contribution is -2.40. The van der Waals surface area contributed by atoms with Gasteiger partial charge in [0.1, 0.15) is 24.7 Å². The Bertz CT molecular complexity index is 1980. The van der Waals surface area contributed by atoms with Crippen LogP contribution in [0.15, 0.2) is 81.7 Å². The lowest BCUT2D eigenvalue weighted by Gasteiger charge is -2.25. The number of esters is 1. The summed E-state index contributed by atoms with van der Waals surface area (Å²) in [5.41, 5.74) is 2.79. The number of benzene rings is 3. The first-order chi connectivity index (χ1) is 23.2. The highest BCUT2D eigenvalue weighted by atomic mass is 35.5. The Morgan fingerprint density at radius 2 is 1.62 bits per heavy atom. The standard InChI is InChI=1S/C36H37ClN2O8S/c1-6-45-35(41)32-23(3)38-36-39(33(32)24-9-13-29(42-4)30(20-24)43-5)34(40)31(48-36)21-25-19-26(37)10-14-28(25)47-18-16-44-15-17-46-27-11-7-22(2)8-12-27/h7-14,19-21,33H,6,15-18H2,1-5H3/b31-21-. The van der Waals surface area contributed by atoms with Crippen molar-refractivity contribution in [1.82, 2.24) is 4.57 Å². The SMILES string of the molecule is CCOC(=O)C1=C(C)N=c2s/c(=C\c3cc(Cl)ccc3OCCOCCOc3ccc(C)cc3)c(=O)n2C1c1ccc(OC)c(OC)c1. The molecule has 4 aromatic rings. The van der Waals surface area contributed by atoms with Crippen molar-refractivity contribution in [1.29, 1.82) is 0 Å². The van der Waals surface area contributed by atoms with E-state index in [0.29, 0.717) is 68.2 Å². The quantitative estimate of drug-likeness (QED) is 0.130. The van der Waals surface area contributed by atoms with Crippen LogP contribution in [0.4, 0.5) is 0 Å². The van der Waals surface area contributed by atoms with E-state index in [0.717, 1.165) is 5.75 Å². The number of ether oxygens (including phenoxy) is 6. The molecule has 12 heteroatoms. The second kappa shape index (κ2) is 16.0. The van der Waals surface area contributed by atoms with Crippen LogP contribution in [0.1, 0.15) is 36.6 Å². The number of hydrogen-bond donors (Lipinski definition) is 0. The van der Waals surface area contributed by atoms with Crippen molar-refractivity contribution >= 4 is 35.0 Å². The number of aryl methyl sites for hydroxylation is 1. The molecule has 0 fully saturated rings. The van der Waals surface area contributed by atoms with Gasteiger partial charge in [0, 0.05) is 10.6 Å². The summed E-state index contributed by atoms with van der Waals surface area (Å²) in [5.74, 6) is 1.74. The molecule has 0 aliphatic carbocycles. The molecule has 1 atom stereocenters. The van der Waals surface area contributed by atoms with E-state index in [2.05, 4.69) is 4.99 Å². The Labute approximate surface area is 287 Å². The summed E-state index contributed by atoms with van der Waals surface area (Å²) in [7, 11) is 3.07. The molecular weight excluding hydrogens is 656 g/mol.